The molecule has 1 aromatic carbocycles. The van der Waals surface area contributed by atoms with Gasteiger partial charge in [0.05, 0.1) is 4.92 Å². The molecule has 0 aliphatic rings. The number of benzene rings is 1. The highest BCUT2D eigenvalue weighted by Gasteiger charge is 2.42. The van der Waals surface area contributed by atoms with E-state index in [2.05, 4.69) is 0 Å². The first-order valence-corrected chi connectivity index (χ1v) is 4.90. The monoisotopic (exact) mass is 262 g/mol. The van der Waals surface area contributed by atoms with Crippen LogP contribution in [-0.2, 0) is 4.79 Å². The zero-order chi connectivity index (χ0) is 13.9. The molecule has 0 saturated carbocycles. The number of nitro benzene ring substituents is 1. The van der Waals surface area contributed by atoms with Gasteiger partial charge >= 0.3 is 12.1 Å². The second-order valence-corrected chi connectivity index (χ2v) is 3.32. The average Bonchev–Trinajstić information content (AvgIpc) is 2.29. The minimum Gasteiger partial charge on any atom is -0.305 e. The number of anilines is 1. The normalized spacial score (nSPS) is 11.1. The van der Waals surface area contributed by atoms with Gasteiger partial charge in [-0.25, -0.2) is 0 Å². The molecule has 0 aliphatic carbocycles. The first-order chi connectivity index (χ1) is 8.27. The second kappa shape index (κ2) is 5.03. The first kappa shape index (κ1) is 13.9. The predicted octanol–water partition coefficient (Wildman–Crippen LogP) is 2.51. The third kappa shape index (κ3) is 2.96. The van der Waals surface area contributed by atoms with Gasteiger partial charge in [-0.05, 0) is 19.1 Å². The van der Waals surface area contributed by atoms with Crippen LogP contribution in [0, 0.1) is 10.1 Å². The van der Waals surface area contributed by atoms with E-state index in [0.717, 1.165) is 24.3 Å². The van der Waals surface area contributed by atoms with Gasteiger partial charge in [-0.2, -0.15) is 13.2 Å². The number of halogens is 3. The van der Waals surface area contributed by atoms with Crippen LogP contribution in [0.25, 0.3) is 0 Å². The molecule has 0 aliphatic heterocycles. The summed E-state index contributed by atoms with van der Waals surface area (Å²) < 4.78 is 36.8. The van der Waals surface area contributed by atoms with Crippen LogP contribution in [-0.4, -0.2) is 23.6 Å². The predicted molar refractivity (Wildman–Crippen MR) is 57.2 cm³/mol. The van der Waals surface area contributed by atoms with E-state index in [9.17, 15) is 28.1 Å². The van der Waals surface area contributed by atoms with Crippen molar-refractivity contribution in [1.29, 1.82) is 0 Å². The maximum atomic E-state index is 12.3. The van der Waals surface area contributed by atoms with Crippen molar-refractivity contribution in [3.63, 3.8) is 0 Å². The summed E-state index contributed by atoms with van der Waals surface area (Å²) in [5, 5.41) is 10.4. The Morgan fingerprint density at radius 1 is 1.33 bits per heavy atom. The molecule has 0 bridgehead atoms. The third-order valence-electron chi connectivity index (χ3n) is 2.18. The molecule has 5 nitrogen and oxygen atoms in total. The molecular formula is C10H9F3N2O3. The highest BCUT2D eigenvalue weighted by Crippen LogP contribution is 2.25. The molecule has 0 unspecified atom stereocenters. The minimum atomic E-state index is -4.97. The number of alkyl halides is 3. The molecule has 98 valence electrons. The fourth-order valence-corrected chi connectivity index (χ4v) is 1.35. The number of hydrogen-bond acceptors (Lipinski definition) is 3. The lowest BCUT2D eigenvalue weighted by Gasteiger charge is -2.21. The first-order valence-electron chi connectivity index (χ1n) is 4.90. The van der Waals surface area contributed by atoms with Gasteiger partial charge in [0.2, 0.25) is 0 Å². The quantitative estimate of drug-likeness (QED) is 0.621. The van der Waals surface area contributed by atoms with Crippen molar-refractivity contribution in [2.75, 3.05) is 11.4 Å². The highest BCUT2D eigenvalue weighted by atomic mass is 19.4. The molecule has 1 aromatic rings. The summed E-state index contributed by atoms with van der Waals surface area (Å²) in [5.41, 5.74) is -0.292. The second-order valence-electron chi connectivity index (χ2n) is 3.32. The van der Waals surface area contributed by atoms with Crippen molar-refractivity contribution in [2.24, 2.45) is 0 Å². The van der Waals surface area contributed by atoms with E-state index in [0.29, 0.717) is 4.90 Å². The Balaban J connectivity index is 3.03. The summed E-state index contributed by atoms with van der Waals surface area (Å²) in [6.45, 7) is 1.20. The maximum absolute atomic E-state index is 12.3. The van der Waals surface area contributed by atoms with Crippen molar-refractivity contribution < 1.29 is 22.9 Å². The van der Waals surface area contributed by atoms with Gasteiger partial charge in [-0.15, -0.1) is 0 Å². The lowest BCUT2D eigenvalue weighted by molar-refractivity contribution is -0.384. The Morgan fingerprint density at radius 2 is 1.83 bits per heavy atom. The number of carbonyl (C=O) groups excluding carboxylic acids is 1. The molecule has 18 heavy (non-hydrogen) atoms. The van der Waals surface area contributed by atoms with Crippen molar-refractivity contribution in [3.8, 4) is 0 Å². The minimum absolute atomic E-state index is 0.0366. The van der Waals surface area contributed by atoms with E-state index in [1.54, 1.807) is 0 Å². The van der Waals surface area contributed by atoms with Crippen LogP contribution in [0.1, 0.15) is 6.92 Å². The molecule has 1 amide bonds. The summed E-state index contributed by atoms with van der Waals surface area (Å²) in [4.78, 5) is 21.3. The fraction of sp³-hybridized carbons (Fsp3) is 0.300. The van der Waals surface area contributed by atoms with Crippen LogP contribution < -0.4 is 4.90 Å². The van der Waals surface area contributed by atoms with Gasteiger partial charge in [0.15, 0.2) is 0 Å². The number of non-ortho nitro benzene ring substituents is 1. The topological polar surface area (TPSA) is 63.5 Å². The molecule has 0 N–H and O–H groups in total. The van der Waals surface area contributed by atoms with Gasteiger partial charge in [-0.1, -0.05) is 0 Å². The molecule has 0 saturated heterocycles. The Morgan fingerprint density at radius 3 is 2.17 bits per heavy atom. The van der Waals surface area contributed by atoms with Crippen molar-refractivity contribution in [3.05, 3.63) is 34.4 Å². The van der Waals surface area contributed by atoms with Crippen LogP contribution in [0.15, 0.2) is 24.3 Å². The molecule has 0 aromatic heterocycles. The van der Waals surface area contributed by atoms with E-state index < -0.39 is 17.0 Å². The number of amides is 1. The Kier molecular flexibility index (Phi) is 3.89. The van der Waals surface area contributed by atoms with Crippen LogP contribution in [0.5, 0.6) is 0 Å². The number of hydrogen-bond donors (Lipinski definition) is 0. The lowest BCUT2D eigenvalue weighted by atomic mass is 10.2. The van der Waals surface area contributed by atoms with Gasteiger partial charge in [0.1, 0.15) is 0 Å². The van der Waals surface area contributed by atoms with Crippen LogP contribution in [0.4, 0.5) is 24.5 Å². The Labute approximate surface area is 100.0 Å². The number of carbonyl (C=O) groups is 1. The summed E-state index contributed by atoms with van der Waals surface area (Å²) in [6.07, 6.45) is -4.97. The van der Waals surface area contributed by atoms with Crippen LogP contribution >= 0.6 is 0 Å². The molecule has 1 rings (SSSR count). The van der Waals surface area contributed by atoms with Gasteiger partial charge in [-0.3, -0.25) is 14.9 Å². The number of rotatable bonds is 3. The fourth-order valence-electron chi connectivity index (χ4n) is 1.35. The largest absolute Gasteiger partial charge is 0.471 e. The van der Waals surface area contributed by atoms with E-state index in [-0.39, 0.29) is 17.9 Å². The zero-order valence-corrected chi connectivity index (χ0v) is 9.27. The summed E-state index contributed by atoms with van der Waals surface area (Å²) >= 11 is 0. The summed E-state index contributed by atoms with van der Waals surface area (Å²) in [7, 11) is 0. The zero-order valence-electron chi connectivity index (χ0n) is 9.27. The molecule has 0 radical (unpaired) electrons. The SMILES string of the molecule is CCN(C(=O)C(F)(F)F)c1ccc([N+](=O)[O-])cc1. The number of nitro groups is 1. The maximum Gasteiger partial charge on any atom is 0.471 e. The van der Waals surface area contributed by atoms with E-state index in [4.69, 9.17) is 0 Å². The van der Waals surface area contributed by atoms with Gasteiger partial charge in [0.25, 0.3) is 5.69 Å². The standard InChI is InChI=1S/C10H9F3N2O3/c1-2-14(9(16)10(11,12)13)7-3-5-8(6-4-7)15(17)18/h3-6H,2H2,1H3. The molecule has 0 spiro atoms. The van der Waals surface area contributed by atoms with Crippen LogP contribution in [0.2, 0.25) is 0 Å². The Hall–Kier alpha value is -2.12. The van der Waals surface area contributed by atoms with Crippen molar-refractivity contribution in [2.45, 2.75) is 13.1 Å². The molecule has 0 atom stereocenters. The highest BCUT2D eigenvalue weighted by molar-refractivity contribution is 5.97. The molecule has 0 fully saturated rings. The summed E-state index contributed by atoms with van der Waals surface area (Å²) in [6, 6.07) is 4.29. The Bertz CT molecular complexity index is 456. The molecule has 0 heterocycles. The molecule has 8 heteroatoms. The molecular weight excluding hydrogens is 253 g/mol. The lowest BCUT2D eigenvalue weighted by Crippen LogP contribution is -2.41. The van der Waals surface area contributed by atoms with E-state index >= 15 is 0 Å². The smallest absolute Gasteiger partial charge is 0.305 e. The average molecular weight is 262 g/mol. The van der Waals surface area contributed by atoms with Gasteiger partial charge < -0.3 is 4.90 Å². The van der Waals surface area contributed by atoms with Crippen molar-refractivity contribution in [1.82, 2.24) is 0 Å². The summed E-state index contributed by atoms with van der Waals surface area (Å²) in [5.74, 6) is -2.00. The number of nitrogens with zero attached hydrogens (tertiary/aromatic N) is 2. The third-order valence-corrected chi connectivity index (χ3v) is 2.18. The van der Waals surface area contributed by atoms with Gasteiger partial charge in [0, 0.05) is 24.4 Å². The van der Waals surface area contributed by atoms with E-state index in [1.165, 1.54) is 6.92 Å². The van der Waals surface area contributed by atoms with Crippen molar-refractivity contribution >= 4 is 17.3 Å². The van der Waals surface area contributed by atoms with E-state index in [1.807, 2.05) is 0 Å². The van der Waals surface area contributed by atoms with Crippen LogP contribution in [0.3, 0.4) is 0 Å².